The minimum Gasteiger partial charge on any atom is -0.351 e. The number of fused-ring (bicyclic) bond motifs is 3. The Kier molecular flexibility index (Phi) is 5.19. The number of piperazine rings is 1. The van der Waals surface area contributed by atoms with Crippen LogP contribution in [0.5, 0.6) is 0 Å². The van der Waals surface area contributed by atoms with E-state index in [0.29, 0.717) is 17.6 Å². The van der Waals surface area contributed by atoms with Crippen molar-refractivity contribution in [3.8, 4) is 0 Å². The number of likely N-dealkylation sites (N-methyl/N-ethyl adjacent to an activating group) is 1. The van der Waals surface area contributed by atoms with Crippen molar-refractivity contribution in [1.82, 2.24) is 24.7 Å². The second-order valence-corrected chi connectivity index (χ2v) is 7.60. The van der Waals surface area contributed by atoms with E-state index < -0.39 is 0 Å². The molecule has 7 nitrogen and oxygen atoms in total. The standard InChI is InChI=1S/C21H27N5O2/c1-24-10-12-26(13-11-24)9-5-8-22-21(28)18-14-16-19(25(18)2)15-6-3-4-7-17(15)23-20(16)27/h3-4,6-7,14H,5,8-13H2,1-2H3,(H,22,28)(H,23,27). The number of aromatic nitrogens is 2. The van der Waals surface area contributed by atoms with Gasteiger partial charge in [0.1, 0.15) is 5.69 Å². The number of carbonyl (C=O) groups excluding carboxylic acids is 1. The summed E-state index contributed by atoms with van der Waals surface area (Å²) in [5, 5.41) is 4.49. The molecule has 1 saturated heterocycles. The van der Waals surface area contributed by atoms with Gasteiger partial charge in [-0.1, -0.05) is 18.2 Å². The van der Waals surface area contributed by atoms with Crippen molar-refractivity contribution in [3.63, 3.8) is 0 Å². The molecule has 0 saturated carbocycles. The average molecular weight is 381 g/mol. The molecule has 0 aliphatic carbocycles. The summed E-state index contributed by atoms with van der Waals surface area (Å²) in [6.45, 7) is 6.00. The minimum atomic E-state index is -0.168. The molecule has 3 aromatic rings. The maximum atomic E-state index is 12.7. The predicted octanol–water partition coefficient (Wildman–Crippen LogP) is 1.39. The normalized spacial score (nSPS) is 16.1. The number of H-pyrrole nitrogens is 1. The molecule has 0 unspecified atom stereocenters. The van der Waals surface area contributed by atoms with Gasteiger partial charge in [-0.25, -0.2) is 0 Å². The number of para-hydroxylation sites is 1. The number of nitrogens with one attached hydrogen (secondary N) is 2. The Bertz CT molecular complexity index is 1060. The number of pyridine rings is 1. The molecule has 3 heterocycles. The fourth-order valence-corrected chi connectivity index (χ4v) is 3.97. The predicted molar refractivity (Wildman–Crippen MR) is 112 cm³/mol. The molecule has 0 bridgehead atoms. The molecule has 4 rings (SSSR count). The van der Waals surface area contributed by atoms with Crippen LogP contribution < -0.4 is 10.9 Å². The third kappa shape index (κ3) is 3.55. The van der Waals surface area contributed by atoms with E-state index in [-0.39, 0.29) is 11.5 Å². The second-order valence-electron chi connectivity index (χ2n) is 7.60. The quantitative estimate of drug-likeness (QED) is 0.655. The molecule has 1 aliphatic heterocycles. The Morgan fingerprint density at radius 2 is 1.86 bits per heavy atom. The summed E-state index contributed by atoms with van der Waals surface area (Å²) in [6.07, 6.45) is 0.920. The summed E-state index contributed by atoms with van der Waals surface area (Å²) in [6, 6.07) is 9.36. The SMILES string of the molecule is CN1CCN(CCCNC(=O)c2cc3c(=O)[nH]c4ccccc4c3n2C)CC1. The van der Waals surface area contributed by atoms with Crippen molar-refractivity contribution in [3.05, 3.63) is 46.4 Å². The van der Waals surface area contributed by atoms with Gasteiger partial charge in [0.2, 0.25) is 0 Å². The molecule has 1 aliphatic rings. The number of carbonyl (C=O) groups is 1. The van der Waals surface area contributed by atoms with Gasteiger partial charge in [-0.05, 0) is 32.1 Å². The van der Waals surface area contributed by atoms with Crippen molar-refractivity contribution in [2.75, 3.05) is 46.3 Å². The van der Waals surface area contributed by atoms with Crippen LogP contribution in [0.1, 0.15) is 16.9 Å². The van der Waals surface area contributed by atoms with E-state index in [1.165, 1.54) is 0 Å². The van der Waals surface area contributed by atoms with Crippen molar-refractivity contribution in [1.29, 1.82) is 0 Å². The molecule has 148 valence electrons. The lowest BCUT2D eigenvalue weighted by Crippen LogP contribution is -2.45. The third-order valence-corrected chi connectivity index (χ3v) is 5.67. The molecular formula is C21H27N5O2. The van der Waals surface area contributed by atoms with Crippen LogP contribution in [0.25, 0.3) is 21.8 Å². The van der Waals surface area contributed by atoms with Gasteiger partial charge in [0.15, 0.2) is 0 Å². The number of hydrogen-bond donors (Lipinski definition) is 2. The highest BCUT2D eigenvalue weighted by molar-refractivity contribution is 6.07. The van der Waals surface area contributed by atoms with E-state index in [0.717, 1.165) is 55.6 Å². The number of hydrogen-bond acceptors (Lipinski definition) is 4. The summed E-state index contributed by atoms with van der Waals surface area (Å²) < 4.78 is 1.82. The number of benzene rings is 1. The minimum absolute atomic E-state index is 0.138. The molecule has 1 aromatic carbocycles. The third-order valence-electron chi connectivity index (χ3n) is 5.67. The molecular weight excluding hydrogens is 354 g/mol. The first kappa shape index (κ1) is 18.7. The molecule has 0 radical (unpaired) electrons. The van der Waals surface area contributed by atoms with Gasteiger partial charge in [-0.2, -0.15) is 0 Å². The van der Waals surface area contributed by atoms with Crippen LogP contribution in [0.2, 0.25) is 0 Å². The van der Waals surface area contributed by atoms with Gasteiger partial charge in [0.25, 0.3) is 11.5 Å². The molecule has 7 heteroatoms. The van der Waals surface area contributed by atoms with Gasteiger partial charge in [-0.15, -0.1) is 0 Å². The van der Waals surface area contributed by atoms with Crippen molar-refractivity contribution >= 4 is 27.7 Å². The zero-order valence-corrected chi connectivity index (χ0v) is 16.5. The average Bonchev–Trinajstić information content (AvgIpc) is 3.05. The fourth-order valence-electron chi connectivity index (χ4n) is 3.97. The van der Waals surface area contributed by atoms with Crippen LogP contribution in [0.3, 0.4) is 0 Å². The number of aryl methyl sites for hydroxylation is 1. The summed E-state index contributed by atoms with van der Waals surface area (Å²) >= 11 is 0. The zero-order chi connectivity index (χ0) is 19.7. The molecule has 2 aromatic heterocycles. The molecule has 0 spiro atoms. The smallest absolute Gasteiger partial charge is 0.267 e. The summed E-state index contributed by atoms with van der Waals surface area (Å²) in [7, 11) is 3.99. The largest absolute Gasteiger partial charge is 0.351 e. The lowest BCUT2D eigenvalue weighted by atomic mass is 10.1. The van der Waals surface area contributed by atoms with E-state index in [1.54, 1.807) is 6.07 Å². The van der Waals surface area contributed by atoms with Crippen LogP contribution in [-0.2, 0) is 7.05 Å². The van der Waals surface area contributed by atoms with Gasteiger partial charge < -0.3 is 24.7 Å². The molecule has 1 amide bonds. The highest BCUT2D eigenvalue weighted by Crippen LogP contribution is 2.23. The number of nitrogens with zero attached hydrogens (tertiary/aromatic N) is 3. The highest BCUT2D eigenvalue weighted by Gasteiger charge is 2.18. The van der Waals surface area contributed by atoms with E-state index in [4.69, 9.17) is 0 Å². The Morgan fingerprint density at radius 1 is 1.11 bits per heavy atom. The first-order valence-electron chi connectivity index (χ1n) is 9.84. The number of amides is 1. The van der Waals surface area contributed by atoms with Gasteiger partial charge in [0, 0.05) is 45.2 Å². The van der Waals surface area contributed by atoms with Crippen LogP contribution in [0.15, 0.2) is 35.1 Å². The van der Waals surface area contributed by atoms with Crippen LogP contribution >= 0.6 is 0 Å². The Labute approximate surface area is 163 Å². The Balaban J connectivity index is 1.46. The molecule has 28 heavy (non-hydrogen) atoms. The Hall–Kier alpha value is -2.64. The molecule has 2 N–H and O–H groups in total. The van der Waals surface area contributed by atoms with E-state index >= 15 is 0 Å². The maximum absolute atomic E-state index is 12.7. The topological polar surface area (TPSA) is 73.4 Å². The summed E-state index contributed by atoms with van der Waals surface area (Å²) in [4.78, 5) is 32.8. The maximum Gasteiger partial charge on any atom is 0.267 e. The number of rotatable bonds is 5. The van der Waals surface area contributed by atoms with Gasteiger partial charge >= 0.3 is 0 Å². The highest BCUT2D eigenvalue weighted by atomic mass is 16.2. The zero-order valence-electron chi connectivity index (χ0n) is 16.5. The van der Waals surface area contributed by atoms with E-state index in [1.807, 2.05) is 35.9 Å². The number of aromatic amines is 1. The Morgan fingerprint density at radius 3 is 2.64 bits per heavy atom. The monoisotopic (exact) mass is 381 g/mol. The first-order valence-corrected chi connectivity index (χ1v) is 9.84. The van der Waals surface area contributed by atoms with E-state index in [2.05, 4.69) is 27.1 Å². The van der Waals surface area contributed by atoms with Gasteiger partial charge in [0.05, 0.1) is 16.4 Å². The molecule has 1 fully saturated rings. The van der Waals surface area contributed by atoms with Crippen LogP contribution in [-0.4, -0.2) is 71.6 Å². The van der Waals surface area contributed by atoms with Crippen molar-refractivity contribution in [2.45, 2.75) is 6.42 Å². The van der Waals surface area contributed by atoms with E-state index in [9.17, 15) is 9.59 Å². The second kappa shape index (κ2) is 7.77. The first-order chi connectivity index (χ1) is 13.5. The van der Waals surface area contributed by atoms with Gasteiger partial charge in [-0.3, -0.25) is 9.59 Å². The summed E-state index contributed by atoms with van der Waals surface area (Å²) in [5.74, 6) is -0.138. The van der Waals surface area contributed by atoms with Crippen LogP contribution in [0.4, 0.5) is 0 Å². The molecule has 0 atom stereocenters. The van der Waals surface area contributed by atoms with Crippen LogP contribution in [0, 0.1) is 0 Å². The fraction of sp³-hybridized carbons (Fsp3) is 0.429. The van der Waals surface area contributed by atoms with Crippen molar-refractivity contribution in [2.24, 2.45) is 7.05 Å². The lowest BCUT2D eigenvalue weighted by Gasteiger charge is -2.32. The summed E-state index contributed by atoms with van der Waals surface area (Å²) in [5.41, 5.74) is 1.91. The lowest BCUT2D eigenvalue weighted by molar-refractivity contribution is 0.0942. The van der Waals surface area contributed by atoms with Crippen molar-refractivity contribution < 1.29 is 4.79 Å².